The topological polar surface area (TPSA) is 71.3 Å². The Morgan fingerprint density at radius 3 is 2.27 bits per heavy atom. The van der Waals surface area contributed by atoms with E-state index in [-0.39, 0.29) is 11.6 Å². The lowest BCUT2D eigenvalue weighted by Crippen LogP contribution is -2.41. The second kappa shape index (κ2) is 7.23. The number of halogens is 1. The van der Waals surface area contributed by atoms with Crippen LogP contribution in [0.25, 0.3) is 11.3 Å². The number of rotatable bonds is 3. The number of hydrogen-bond donors (Lipinski definition) is 2. The van der Waals surface area contributed by atoms with Crippen molar-refractivity contribution < 1.29 is 18.4 Å². The number of nitrogens with one attached hydrogen (secondary N) is 2. The molecule has 2 amide bonds. The molecule has 0 fully saturated rings. The highest BCUT2D eigenvalue weighted by atomic mass is 19.1. The summed E-state index contributed by atoms with van der Waals surface area (Å²) in [4.78, 5) is 24.3. The number of hydrazine groups is 1. The van der Waals surface area contributed by atoms with Gasteiger partial charge in [-0.15, -0.1) is 0 Å². The van der Waals surface area contributed by atoms with Gasteiger partial charge in [-0.2, -0.15) is 0 Å². The smallest absolute Gasteiger partial charge is 0.305 e. The van der Waals surface area contributed by atoms with Crippen LogP contribution in [0.2, 0.25) is 0 Å². The first-order chi connectivity index (χ1) is 12.4. The van der Waals surface area contributed by atoms with E-state index in [0.717, 1.165) is 11.1 Å². The Hall–Kier alpha value is -3.41. The molecule has 0 bridgehead atoms. The highest BCUT2D eigenvalue weighted by Gasteiger charge is 2.14. The number of benzene rings is 2. The fraction of sp³-hybridized carbons (Fsp3) is 0.100. The van der Waals surface area contributed by atoms with Gasteiger partial charge in [-0.05, 0) is 61.9 Å². The first-order valence-electron chi connectivity index (χ1n) is 7.98. The Morgan fingerprint density at radius 1 is 0.885 bits per heavy atom. The van der Waals surface area contributed by atoms with Crippen LogP contribution in [0, 0.1) is 19.7 Å². The zero-order valence-corrected chi connectivity index (χ0v) is 14.3. The molecule has 132 valence electrons. The number of hydrogen-bond acceptors (Lipinski definition) is 3. The summed E-state index contributed by atoms with van der Waals surface area (Å²) in [6.45, 7) is 3.76. The average Bonchev–Trinajstić information content (AvgIpc) is 3.10. The van der Waals surface area contributed by atoms with E-state index in [0.29, 0.717) is 16.9 Å². The SMILES string of the molecule is Cc1ccc(C(=O)NNC(=O)c2ccc(-c3ccc(F)cc3)o2)c(C)c1. The van der Waals surface area contributed by atoms with Crippen LogP contribution in [0.1, 0.15) is 32.0 Å². The summed E-state index contributed by atoms with van der Waals surface area (Å²) < 4.78 is 18.4. The molecule has 0 radical (unpaired) electrons. The third kappa shape index (κ3) is 3.80. The first-order valence-corrected chi connectivity index (χ1v) is 7.98. The van der Waals surface area contributed by atoms with Crippen molar-refractivity contribution >= 4 is 11.8 Å². The fourth-order valence-electron chi connectivity index (χ4n) is 2.54. The molecule has 0 spiro atoms. The van der Waals surface area contributed by atoms with Gasteiger partial charge in [-0.1, -0.05) is 17.7 Å². The van der Waals surface area contributed by atoms with Gasteiger partial charge >= 0.3 is 5.91 Å². The first kappa shape index (κ1) is 17.4. The van der Waals surface area contributed by atoms with Crippen LogP contribution in [-0.4, -0.2) is 11.8 Å². The highest BCUT2D eigenvalue weighted by Crippen LogP contribution is 2.22. The van der Waals surface area contributed by atoms with Gasteiger partial charge < -0.3 is 4.42 Å². The highest BCUT2D eigenvalue weighted by molar-refractivity contribution is 5.99. The molecule has 2 N–H and O–H groups in total. The van der Waals surface area contributed by atoms with E-state index in [4.69, 9.17) is 4.42 Å². The third-order valence-corrected chi connectivity index (χ3v) is 3.87. The fourth-order valence-corrected chi connectivity index (χ4v) is 2.54. The van der Waals surface area contributed by atoms with E-state index >= 15 is 0 Å². The van der Waals surface area contributed by atoms with Crippen molar-refractivity contribution in [1.29, 1.82) is 0 Å². The van der Waals surface area contributed by atoms with Gasteiger partial charge in [0.1, 0.15) is 11.6 Å². The molecule has 1 heterocycles. The third-order valence-electron chi connectivity index (χ3n) is 3.87. The molecule has 1 aromatic heterocycles. The van der Waals surface area contributed by atoms with E-state index in [1.165, 1.54) is 18.2 Å². The van der Waals surface area contributed by atoms with Crippen LogP contribution in [0.4, 0.5) is 4.39 Å². The van der Waals surface area contributed by atoms with E-state index in [9.17, 15) is 14.0 Å². The second-order valence-corrected chi connectivity index (χ2v) is 5.90. The van der Waals surface area contributed by atoms with Gasteiger partial charge in [0.2, 0.25) is 0 Å². The van der Waals surface area contributed by atoms with Crippen LogP contribution in [0.15, 0.2) is 59.0 Å². The van der Waals surface area contributed by atoms with E-state index in [2.05, 4.69) is 10.9 Å². The molecule has 0 aliphatic heterocycles. The van der Waals surface area contributed by atoms with Gasteiger partial charge in [-0.3, -0.25) is 20.4 Å². The average molecular weight is 352 g/mol. The summed E-state index contributed by atoms with van der Waals surface area (Å²) in [6, 6.07) is 14.2. The van der Waals surface area contributed by atoms with Crippen LogP contribution in [0.5, 0.6) is 0 Å². The quantitative estimate of drug-likeness (QED) is 0.705. The van der Waals surface area contributed by atoms with Gasteiger partial charge in [0.15, 0.2) is 5.76 Å². The molecule has 26 heavy (non-hydrogen) atoms. The van der Waals surface area contributed by atoms with Crippen molar-refractivity contribution in [2.24, 2.45) is 0 Å². The summed E-state index contributed by atoms with van der Waals surface area (Å²) in [5, 5.41) is 0. The van der Waals surface area contributed by atoms with E-state index < -0.39 is 11.8 Å². The Morgan fingerprint density at radius 2 is 1.58 bits per heavy atom. The standard InChI is InChI=1S/C20H17FN2O3/c1-12-3-8-16(13(2)11-12)19(24)22-23-20(25)18-10-9-17(26-18)14-4-6-15(21)7-5-14/h3-11H,1-2H3,(H,22,24)(H,23,25). The molecule has 2 aromatic carbocycles. The Balaban J connectivity index is 1.65. The Kier molecular flexibility index (Phi) is 4.84. The lowest BCUT2D eigenvalue weighted by molar-refractivity contribution is 0.0831. The number of carbonyl (C=O) groups excluding carboxylic acids is 2. The molecule has 0 atom stereocenters. The predicted molar refractivity (Wildman–Crippen MR) is 95.0 cm³/mol. The summed E-state index contributed by atoms with van der Waals surface area (Å²) >= 11 is 0. The van der Waals surface area contributed by atoms with E-state index in [1.54, 1.807) is 24.3 Å². The maximum Gasteiger partial charge on any atom is 0.305 e. The molecule has 0 aliphatic carbocycles. The monoisotopic (exact) mass is 352 g/mol. The molecule has 0 aliphatic rings. The number of furan rings is 1. The van der Waals surface area contributed by atoms with Gasteiger partial charge in [-0.25, -0.2) is 4.39 Å². The number of aryl methyl sites for hydroxylation is 2. The van der Waals surface area contributed by atoms with Crippen LogP contribution >= 0.6 is 0 Å². The van der Waals surface area contributed by atoms with Crippen molar-refractivity contribution in [1.82, 2.24) is 10.9 Å². The Bertz CT molecular complexity index is 961. The lowest BCUT2D eigenvalue weighted by atomic mass is 10.1. The normalized spacial score (nSPS) is 10.4. The largest absolute Gasteiger partial charge is 0.451 e. The Labute approximate surface area is 149 Å². The van der Waals surface area contributed by atoms with Gasteiger partial charge in [0.25, 0.3) is 5.91 Å². The van der Waals surface area contributed by atoms with Crippen LogP contribution < -0.4 is 10.9 Å². The molecule has 6 heteroatoms. The summed E-state index contributed by atoms with van der Waals surface area (Å²) in [5.41, 5.74) is 7.67. The van der Waals surface area contributed by atoms with Crippen LogP contribution in [-0.2, 0) is 0 Å². The summed E-state index contributed by atoms with van der Waals surface area (Å²) in [7, 11) is 0. The van der Waals surface area contributed by atoms with Crippen LogP contribution in [0.3, 0.4) is 0 Å². The number of carbonyl (C=O) groups is 2. The molecule has 0 saturated carbocycles. The number of amides is 2. The second-order valence-electron chi connectivity index (χ2n) is 5.90. The minimum absolute atomic E-state index is 0.0326. The molecule has 5 nitrogen and oxygen atoms in total. The summed E-state index contributed by atoms with van der Waals surface area (Å²) in [6.07, 6.45) is 0. The van der Waals surface area contributed by atoms with Gasteiger partial charge in [0.05, 0.1) is 0 Å². The van der Waals surface area contributed by atoms with Crippen molar-refractivity contribution in [2.75, 3.05) is 0 Å². The van der Waals surface area contributed by atoms with Gasteiger partial charge in [0, 0.05) is 11.1 Å². The van der Waals surface area contributed by atoms with Crippen molar-refractivity contribution in [3.8, 4) is 11.3 Å². The lowest BCUT2D eigenvalue weighted by Gasteiger charge is -2.08. The predicted octanol–water partition coefficient (Wildman–Crippen LogP) is 3.78. The molecular weight excluding hydrogens is 335 g/mol. The van der Waals surface area contributed by atoms with Crippen molar-refractivity contribution in [3.05, 3.63) is 82.9 Å². The van der Waals surface area contributed by atoms with Crippen molar-refractivity contribution in [3.63, 3.8) is 0 Å². The minimum Gasteiger partial charge on any atom is -0.451 e. The maximum atomic E-state index is 13.0. The van der Waals surface area contributed by atoms with E-state index in [1.807, 2.05) is 26.0 Å². The molecule has 0 saturated heterocycles. The molecule has 0 unspecified atom stereocenters. The summed E-state index contributed by atoms with van der Waals surface area (Å²) in [5.74, 6) is -0.897. The minimum atomic E-state index is -0.587. The zero-order valence-electron chi connectivity index (χ0n) is 14.3. The van der Waals surface area contributed by atoms with Crippen molar-refractivity contribution in [2.45, 2.75) is 13.8 Å². The molecule has 3 aromatic rings. The zero-order chi connectivity index (χ0) is 18.7. The molecular formula is C20H17FN2O3. The molecule has 3 rings (SSSR count). The maximum absolute atomic E-state index is 13.0.